The number of carbonyl (C=O) groups is 2. The Morgan fingerprint density at radius 1 is 1.26 bits per heavy atom. The number of hydrogen-bond donors (Lipinski definition) is 2. The van der Waals surface area contributed by atoms with Gasteiger partial charge in [0.25, 0.3) is 0 Å². The number of hydrogen-bond acceptors (Lipinski definition) is 4. The number of piperidine rings is 1. The molecule has 2 saturated heterocycles. The van der Waals surface area contributed by atoms with Crippen LogP contribution in [-0.2, 0) is 9.59 Å². The van der Waals surface area contributed by atoms with Crippen molar-refractivity contribution in [2.24, 2.45) is 5.92 Å². The minimum atomic E-state index is 0.0382. The number of carbonyl (C=O) groups excluding carboxylic acids is 2. The highest BCUT2D eigenvalue weighted by Gasteiger charge is 2.28. The highest BCUT2D eigenvalue weighted by Crippen LogP contribution is 2.14. The number of nitrogens with zero attached hydrogens (tertiary/aromatic N) is 2. The largest absolute Gasteiger partial charge is 0.358 e. The van der Waals surface area contributed by atoms with Crippen molar-refractivity contribution < 1.29 is 9.59 Å². The first-order chi connectivity index (χ1) is 9.20. The Balaban J connectivity index is 1.76. The fourth-order valence-corrected chi connectivity index (χ4v) is 2.73. The molecule has 0 aromatic heterocycles. The lowest BCUT2D eigenvalue weighted by Gasteiger charge is -2.36. The van der Waals surface area contributed by atoms with Gasteiger partial charge in [-0.25, -0.2) is 0 Å². The molecule has 0 spiro atoms. The predicted octanol–water partition coefficient (Wildman–Crippen LogP) is -1.12. The molecule has 1 atom stereocenters. The van der Waals surface area contributed by atoms with Gasteiger partial charge in [-0.05, 0) is 19.4 Å². The van der Waals surface area contributed by atoms with Crippen LogP contribution in [0.2, 0.25) is 0 Å². The summed E-state index contributed by atoms with van der Waals surface area (Å²) in [7, 11) is 1.65. The van der Waals surface area contributed by atoms with E-state index in [1.807, 2.05) is 4.90 Å². The summed E-state index contributed by atoms with van der Waals surface area (Å²) >= 11 is 0. The predicted molar refractivity (Wildman–Crippen MR) is 72.7 cm³/mol. The van der Waals surface area contributed by atoms with Crippen LogP contribution in [0, 0.1) is 5.92 Å². The van der Waals surface area contributed by atoms with Gasteiger partial charge in [-0.1, -0.05) is 0 Å². The van der Waals surface area contributed by atoms with Crippen LogP contribution in [0.5, 0.6) is 0 Å². The molecule has 0 aromatic carbocycles. The van der Waals surface area contributed by atoms with E-state index in [1.165, 1.54) is 0 Å². The topological polar surface area (TPSA) is 64.7 Å². The molecule has 2 amide bonds. The van der Waals surface area contributed by atoms with Crippen LogP contribution in [0.1, 0.15) is 12.8 Å². The lowest BCUT2D eigenvalue weighted by molar-refractivity contribution is -0.138. The monoisotopic (exact) mass is 268 g/mol. The van der Waals surface area contributed by atoms with Crippen LogP contribution in [0.4, 0.5) is 0 Å². The number of likely N-dealkylation sites (N-methyl/N-ethyl adjacent to an activating group) is 1. The van der Waals surface area contributed by atoms with E-state index in [2.05, 4.69) is 15.5 Å². The second-order valence-electron chi connectivity index (χ2n) is 5.32. The van der Waals surface area contributed by atoms with Gasteiger partial charge in [-0.3, -0.25) is 14.5 Å². The molecule has 2 aliphatic rings. The lowest BCUT2D eigenvalue weighted by atomic mass is 9.98. The zero-order valence-corrected chi connectivity index (χ0v) is 11.7. The van der Waals surface area contributed by atoms with Gasteiger partial charge in [0.1, 0.15) is 0 Å². The summed E-state index contributed by atoms with van der Waals surface area (Å²) in [6.45, 7) is 5.35. The Morgan fingerprint density at radius 3 is 2.58 bits per heavy atom. The van der Waals surface area contributed by atoms with E-state index in [-0.39, 0.29) is 17.7 Å². The quantitative estimate of drug-likeness (QED) is 0.680. The van der Waals surface area contributed by atoms with Gasteiger partial charge in [-0.2, -0.15) is 0 Å². The maximum absolute atomic E-state index is 12.3. The van der Waals surface area contributed by atoms with Crippen molar-refractivity contribution in [2.45, 2.75) is 12.8 Å². The first kappa shape index (κ1) is 14.3. The van der Waals surface area contributed by atoms with Crippen molar-refractivity contribution >= 4 is 11.8 Å². The Bertz CT molecular complexity index is 321. The van der Waals surface area contributed by atoms with Crippen LogP contribution in [0.15, 0.2) is 0 Å². The van der Waals surface area contributed by atoms with Crippen LogP contribution in [0.25, 0.3) is 0 Å². The van der Waals surface area contributed by atoms with Crippen molar-refractivity contribution in [2.75, 3.05) is 52.9 Å². The summed E-state index contributed by atoms with van der Waals surface area (Å²) in [5, 5.41) is 5.92. The molecular weight excluding hydrogens is 244 g/mol. The highest BCUT2D eigenvalue weighted by molar-refractivity contribution is 5.79. The SMILES string of the molecule is CNC(=O)CN1CCN(C(=O)[C@H]2CCCNC2)CC1. The van der Waals surface area contributed by atoms with E-state index in [1.54, 1.807) is 7.05 Å². The molecule has 6 nitrogen and oxygen atoms in total. The maximum atomic E-state index is 12.3. The smallest absolute Gasteiger partial charge is 0.233 e. The molecule has 2 aliphatic heterocycles. The van der Waals surface area contributed by atoms with Crippen LogP contribution in [-0.4, -0.2) is 74.5 Å². The molecule has 2 heterocycles. The minimum Gasteiger partial charge on any atom is -0.358 e. The average molecular weight is 268 g/mol. The Morgan fingerprint density at radius 2 is 2.00 bits per heavy atom. The third kappa shape index (κ3) is 3.91. The van der Waals surface area contributed by atoms with Gasteiger partial charge in [0, 0.05) is 39.8 Å². The van der Waals surface area contributed by atoms with Crippen LogP contribution < -0.4 is 10.6 Å². The Kier molecular flexibility index (Phi) is 5.15. The van der Waals surface area contributed by atoms with E-state index in [0.717, 1.165) is 52.1 Å². The first-order valence-electron chi connectivity index (χ1n) is 7.13. The van der Waals surface area contributed by atoms with E-state index >= 15 is 0 Å². The van der Waals surface area contributed by atoms with Gasteiger partial charge in [0.15, 0.2) is 0 Å². The normalized spacial score (nSPS) is 25.1. The summed E-state index contributed by atoms with van der Waals surface area (Å²) in [6, 6.07) is 0. The van der Waals surface area contributed by atoms with E-state index in [9.17, 15) is 9.59 Å². The molecule has 0 bridgehead atoms. The summed E-state index contributed by atoms with van der Waals surface area (Å²) in [4.78, 5) is 27.7. The summed E-state index contributed by atoms with van der Waals surface area (Å²) in [5.41, 5.74) is 0. The number of nitrogens with one attached hydrogen (secondary N) is 2. The fraction of sp³-hybridized carbons (Fsp3) is 0.846. The summed E-state index contributed by atoms with van der Waals surface area (Å²) in [6.07, 6.45) is 2.09. The zero-order chi connectivity index (χ0) is 13.7. The first-order valence-corrected chi connectivity index (χ1v) is 7.13. The van der Waals surface area contributed by atoms with Crippen molar-refractivity contribution in [3.63, 3.8) is 0 Å². The van der Waals surface area contributed by atoms with Crippen molar-refractivity contribution in [1.29, 1.82) is 0 Å². The average Bonchev–Trinajstić information content (AvgIpc) is 2.48. The number of piperazine rings is 1. The van der Waals surface area contributed by atoms with Gasteiger partial charge < -0.3 is 15.5 Å². The van der Waals surface area contributed by atoms with Gasteiger partial charge >= 0.3 is 0 Å². The van der Waals surface area contributed by atoms with E-state index in [4.69, 9.17) is 0 Å². The van der Waals surface area contributed by atoms with Crippen LogP contribution in [0.3, 0.4) is 0 Å². The minimum absolute atomic E-state index is 0.0382. The summed E-state index contributed by atoms with van der Waals surface area (Å²) in [5.74, 6) is 0.474. The molecule has 0 radical (unpaired) electrons. The van der Waals surface area contributed by atoms with Crippen molar-refractivity contribution in [3.8, 4) is 0 Å². The van der Waals surface area contributed by atoms with Gasteiger partial charge in [0.2, 0.25) is 11.8 Å². The van der Waals surface area contributed by atoms with Crippen LogP contribution >= 0.6 is 0 Å². The molecule has 19 heavy (non-hydrogen) atoms. The third-order valence-corrected chi connectivity index (χ3v) is 3.98. The third-order valence-electron chi connectivity index (χ3n) is 3.98. The Hall–Kier alpha value is -1.14. The molecular formula is C13H24N4O2. The molecule has 0 unspecified atom stereocenters. The fourth-order valence-electron chi connectivity index (χ4n) is 2.73. The lowest BCUT2D eigenvalue weighted by Crippen LogP contribution is -2.53. The molecule has 0 saturated carbocycles. The standard InChI is InChI=1S/C13H24N4O2/c1-14-12(18)10-16-5-7-17(8-6-16)13(19)11-3-2-4-15-9-11/h11,15H,2-10H2,1H3,(H,14,18)/t11-/m0/s1. The molecule has 2 N–H and O–H groups in total. The molecule has 108 valence electrons. The highest BCUT2D eigenvalue weighted by atomic mass is 16.2. The molecule has 2 fully saturated rings. The van der Waals surface area contributed by atoms with E-state index in [0.29, 0.717) is 6.54 Å². The molecule has 2 rings (SSSR count). The second-order valence-corrected chi connectivity index (χ2v) is 5.32. The van der Waals surface area contributed by atoms with Gasteiger partial charge in [-0.15, -0.1) is 0 Å². The summed E-state index contributed by atoms with van der Waals surface area (Å²) < 4.78 is 0. The number of rotatable bonds is 3. The molecule has 0 aliphatic carbocycles. The van der Waals surface area contributed by atoms with Crippen molar-refractivity contribution in [3.05, 3.63) is 0 Å². The maximum Gasteiger partial charge on any atom is 0.233 e. The second kappa shape index (κ2) is 6.86. The Labute approximate surface area is 114 Å². The van der Waals surface area contributed by atoms with Crippen molar-refractivity contribution in [1.82, 2.24) is 20.4 Å². The number of amides is 2. The molecule has 0 aromatic rings. The molecule has 6 heteroatoms. The van der Waals surface area contributed by atoms with Gasteiger partial charge in [0.05, 0.1) is 12.5 Å². The zero-order valence-electron chi connectivity index (χ0n) is 11.7. The van der Waals surface area contributed by atoms with E-state index < -0.39 is 0 Å².